The maximum atomic E-state index is 12.3. The average Bonchev–Trinajstić information content (AvgIpc) is 2.75. The molecule has 3 aliphatic rings. The fourth-order valence-corrected chi connectivity index (χ4v) is 3.52. The van der Waals surface area contributed by atoms with Gasteiger partial charge in [0, 0.05) is 19.0 Å². The fourth-order valence-electron chi connectivity index (χ4n) is 3.52. The summed E-state index contributed by atoms with van der Waals surface area (Å²) >= 11 is 0. The van der Waals surface area contributed by atoms with Crippen molar-refractivity contribution in [3.8, 4) is 0 Å². The normalized spacial score (nSPS) is 43.6. The molecule has 2 saturated carbocycles. The summed E-state index contributed by atoms with van der Waals surface area (Å²) in [6.45, 7) is 3.09. The van der Waals surface area contributed by atoms with Crippen LogP contribution in [0.4, 0.5) is 0 Å². The van der Waals surface area contributed by atoms with Gasteiger partial charge in [-0.1, -0.05) is 0 Å². The number of hydrogen-bond acceptors (Lipinski definition) is 2. The van der Waals surface area contributed by atoms with Crippen LogP contribution in [0, 0.1) is 23.2 Å². The molecule has 1 aliphatic heterocycles. The van der Waals surface area contributed by atoms with Crippen LogP contribution < -0.4 is 5.73 Å². The molecule has 1 saturated heterocycles. The van der Waals surface area contributed by atoms with Crippen LogP contribution in [0.25, 0.3) is 0 Å². The van der Waals surface area contributed by atoms with Crippen molar-refractivity contribution in [3.05, 3.63) is 0 Å². The third-order valence-corrected chi connectivity index (χ3v) is 4.97. The lowest BCUT2D eigenvalue weighted by molar-refractivity contribution is -0.135. The van der Waals surface area contributed by atoms with E-state index in [1.165, 1.54) is 6.42 Å². The minimum Gasteiger partial charge on any atom is -0.369 e. The van der Waals surface area contributed by atoms with E-state index in [-0.39, 0.29) is 17.7 Å². The minimum absolute atomic E-state index is 0.231. The molecule has 0 bridgehead atoms. The predicted octanol–water partition coefficient (Wildman–Crippen LogP) is 0.756. The lowest BCUT2D eigenvalue weighted by atomic mass is 9.89. The SMILES string of the molecule is CC1(C(N)=O)CCN(C(=O)C2CC3CC3C2)C1. The van der Waals surface area contributed by atoms with Gasteiger partial charge in [-0.2, -0.15) is 0 Å². The summed E-state index contributed by atoms with van der Waals surface area (Å²) in [5.41, 5.74) is 4.90. The van der Waals surface area contributed by atoms with E-state index in [9.17, 15) is 9.59 Å². The van der Waals surface area contributed by atoms with Crippen molar-refractivity contribution in [2.75, 3.05) is 13.1 Å². The van der Waals surface area contributed by atoms with Crippen LogP contribution in [0.15, 0.2) is 0 Å². The number of amides is 2. The van der Waals surface area contributed by atoms with Gasteiger partial charge in [0.05, 0.1) is 5.41 Å². The first kappa shape index (κ1) is 11.1. The van der Waals surface area contributed by atoms with Gasteiger partial charge in [0.2, 0.25) is 11.8 Å². The van der Waals surface area contributed by atoms with Crippen molar-refractivity contribution >= 4 is 11.8 Å². The fraction of sp³-hybridized carbons (Fsp3) is 0.846. The summed E-state index contributed by atoms with van der Waals surface area (Å²) in [7, 11) is 0. The Labute approximate surface area is 102 Å². The molecule has 1 heterocycles. The molecule has 3 unspecified atom stereocenters. The van der Waals surface area contributed by atoms with Crippen LogP contribution in [-0.2, 0) is 9.59 Å². The van der Waals surface area contributed by atoms with E-state index in [0.29, 0.717) is 19.5 Å². The molecule has 4 nitrogen and oxygen atoms in total. The Bertz CT molecular complexity index is 372. The monoisotopic (exact) mass is 236 g/mol. The van der Waals surface area contributed by atoms with Crippen LogP contribution >= 0.6 is 0 Å². The molecule has 0 aromatic heterocycles. The number of nitrogens with zero attached hydrogens (tertiary/aromatic N) is 1. The molecular weight excluding hydrogens is 216 g/mol. The summed E-state index contributed by atoms with van der Waals surface area (Å²) in [5.74, 6) is 1.88. The third-order valence-electron chi connectivity index (χ3n) is 4.97. The van der Waals surface area contributed by atoms with Crippen LogP contribution in [-0.4, -0.2) is 29.8 Å². The second kappa shape index (κ2) is 3.47. The van der Waals surface area contributed by atoms with Gasteiger partial charge in [0.1, 0.15) is 0 Å². The van der Waals surface area contributed by atoms with E-state index in [2.05, 4.69) is 0 Å². The van der Waals surface area contributed by atoms with E-state index in [1.54, 1.807) is 0 Å². The smallest absolute Gasteiger partial charge is 0.225 e. The first-order valence-electron chi connectivity index (χ1n) is 6.58. The zero-order valence-electron chi connectivity index (χ0n) is 10.3. The number of likely N-dealkylation sites (tertiary alicyclic amines) is 1. The van der Waals surface area contributed by atoms with Crippen molar-refractivity contribution in [2.45, 2.75) is 32.6 Å². The summed E-state index contributed by atoms with van der Waals surface area (Å²) in [5, 5.41) is 0. The molecule has 4 heteroatoms. The van der Waals surface area contributed by atoms with Gasteiger partial charge in [-0.25, -0.2) is 0 Å². The molecule has 94 valence electrons. The Morgan fingerprint density at radius 1 is 1.24 bits per heavy atom. The largest absolute Gasteiger partial charge is 0.369 e. The lowest BCUT2D eigenvalue weighted by Gasteiger charge is -2.24. The van der Waals surface area contributed by atoms with Gasteiger partial charge in [0.15, 0.2) is 0 Å². The molecule has 3 fully saturated rings. The van der Waals surface area contributed by atoms with Gasteiger partial charge < -0.3 is 10.6 Å². The number of hydrogen-bond donors (Lipinski definition) is 1. The molecule has 2 N–H and O–H groups in total. The number of fused-ring (bicyclic) bond motifs is 1. The third kappa shape index (κ3) is 1.74. The van der Waals surface area contributed by atoms with Gasteiger partial charge in [-0.15, -0.1) is 0 Å². The molecule has 0 aromatic carbocycles. The minimum atomic E-state index is -0.503. The van der Waals surface area contributed by atoms with Crippen molar-refractivity contribution in [3.63, 3.8) is 0 Å². The summed E-state index contributed by atoms with van der Waals surface area (Å²) in [6.07, 6.45) is 4.21. The average molecular weight is 236 g/mol. The molecule has 2 amide bonds. The molecule has 2 aliphatic carbocycles. The Morgan fingerprint density at radius 2 is 1.88 bits per heavy atom. The molecule has 0 radical (unpaired) electrons. The Kier molecular flexibility index (Phi) is 2.25. The van der Waals surface area contributed by atoms with E-state index in [0.717, 1.165) is 24.7 Å². The maximum absolute atomic E-state index is 12.3. The second-order valence-electron chi connectivity index (χ2n) is 6.36. The summed E-state index contributed by atoms with van der Waals surface area (Å²) in [4.78, 5) is 25.5. The number of carbonyl (C=O) groups is 2. The number of nitrogens with two attached hydrogens (primary N) is 1. The molecule has 0 aromatic rings. The van der Waals surface area contributed by atoms with Crippen LogP contribution in [0.1, 0.15) is 32.6 Å². The van der Waals surface area contributed by atoms with Crippen molar-refractivity contribution in [2.24, 2.45) is 28.9 Å². The molecule has 3 atom stereocenters. The maximum Gasteiger partial charge on any atom is 0.225 e. The molecule has 0 spiro atoms. The molecular formula is C13H20N2O2. The van der Waals surface area contributed by atoms with E-state index in [1.807, 2.05) is 11.8 Å². The standard InChI is InChI=1S/C13H20N2O2/c1-13(12(14)17)2-3-15(7-13)11(16)10-5-8-4-9(8)6-10/h8-10H,2-7H2,1H3,(H2,14,17). The van der Waals surface area contributed by atoms with Crippen molar-refractivity contribution < 1.29 is 9.59 Å². The molecule has 17 heavy (non-hydrogen) atoms. The van der Waals surface area contributed by atoms with Crippen molar-refractivity contribution in [1.82, 2.24) is 4.90 Å². The Balaban J connectivity index is 1.62. The topological polar surface area (TPSA) is 63.4 Å². The summed E-state index contributed by atoms with van der Waals surface area (Å²) in [6, 6.07) is 0. The summed E-state index contributed by atoms with van der Waals surface area (Å²) < 4.78 is 0. The highest BCUT2D eigenvalue weighted by Crippen LogP contribution is 2.54. The van der Waals surface area contributed by atoms with Crippen LogP contribution in [0.2, 0.25) is 0 Å². The first-order chi connectivity index (χ1) is 7.99. The van der Waals surface area contributed by atoms with Crippen molar-refractivity contribution in [1.29, 1.82) is 0 Å². The second-order valence-corrected chi connectivity index (χ2v) is 6.36. The Morgan fingerprint density at radius 3 is 2.41 bits per heavy atom. The highest BCUT2D eigenvalue weighted by molar-refractivity contribution is 5.84. The van der Waals surface area contributed by atoms with Gasteiger partial charge in [-0.3, -0.25) is 9.59 Å². The molecule has 3 rings (SSSR count). The van der Waals surface area contributed by atoms with Gasteiger partial charge >= 0.3 is 0 Å². The van der Waals surface area contributed by atoms with E-state index < -0.39 is 5.41 Å². The quantitative estimate of drug-likeness (QED) is 0.769. The Hall–Kier alpha value is -1.06. The number of rotatable bonds is 2. The van der Waals surface area contributed by atoms with E-state index in [4.69, 9.17) is 5.73 Å². The lowest BCUT2D eigenvalue weighted by Crippen LogP contribution is -2.40. The zero-order valence-corrected chi connectivity index (χ0v) is 10.3. The first-order valence-corrected chi connectivity index (χ1v) is 6.58. The van der Waals surface area contributed by atoms with Gasteiger partial charge in [-0.05, 0) is 44.4 Å². The highest BCUT2D eigenvalue weighted by Gasteiger charge is 2.50. The predicted molar refractivity (Wildman–Crippen MR) is 62.8 cm³/mol. The number of primary amides is 1. The van der Waals surface area contributed by atoms with E-state index >= 15 is 0 Å². The zero-order chi connectivity index (χ0) is 12.2. The highest BCUT2D eigenvalue weighted by atomic mass is 16.2. The van der Waals surface area contributed by atoms with Gasteiger partial charge in [0.25, 0.3) is 0 Å². The van der Waals surface area contributed by atoms with Crippen LogP contribution in [0.3, 0.4) is 0 Å². The van der Waals surface area contributed by atoms with Crippen LogP contribution in [0.5, 0.6) is 0 Å². The number of carbonyl (C=O) groups excluding carboxylic acids is 2.